The van der Waals surface area contributed by atoms with E-state index in [1.807, 2.05) is 36.4 Å². The van der Waals surface area contributed by atoms with Crippen LogP contribution in [0, 0.1) is 0 Å². The lowest BCUT2D eigenvalue weighted by atomic mass is 10.1. The summed E-state index contributed by atoms with van der Waals surface area (Å²) in [5.41, 5.74) is 5.44. The Labute approximate surface area is 174 Å². The van der Waals surface area contributed by atoms with Crippen LogP contribution in [0.25, 0.3) is 11.3 Å². The second-order valence-corrected chi connectivity index (χ2v) is 7.55. The first kappa shape index (κ1) is 18.4. The number of aromatic nitrogens is 1. The summed E-state index contributed by atoms with van der Waals surface area (Å²) >= 11 is 0. The molecule has 0 spiro atoms. The molecule has 0 aliphatic carbocycles. The molecular formula is C24H21N3O3. The molecule has 0 atom stereocenters. The third kappa shape index (κ3) is 3.30. The first-order valence-corrected chi connectivity index (χ1v) is 10.0. The third-order valence-electron chi connectivity index (χ3n) is 5.59. The highest BCUT2D eigenvalue weighted by molar-refractivity contribution is 6.05. The van der Waals surface area contributed by atoms with E-state index < -0.39 is 0 Å². The SMILES string of the molecule is CC(=O)N1CCc2cc(C(=O)Nc3cccc(-c4ccc5c(c4)CCO5)n3)ccc21. The van der Waals surface area contributed by atoms with Gasteiger partial charge in [0.05, 0.1) is 12.3 Å². The van der Waals surface area contributed by atoms with E-state index in [0.29, 0.717) is 24.5 Å². The van der Waals surface area contributed by atoms with Crippen molar-refractivity contribution >= 4 is 23.3 Å². The number of carbonyl (C=O) groups excluding carboxylic acids is 2. The monoisotopic (exact) mass is 399 g/mol. The van der Waals surface area contributed by atoms with Crippen LogP contribution in [0.4, 0.5) is 11.5 Å². The number of carbonyl (C=O) groups is 2. The van der Waals surface area contributed by atoms with Crippen molar-refractivity contribution in [2.45, 2.75) is 19.8 Å². The molecule has 0 bridgehead atoms. The fourth-order valence-corrected chi connectivity index (χ4v) is 4.07. The molecule has 3 heterocycles. The van der Waals surface area contributed by atoms with Crippen LogP contribution in [0.3, 0.4) is 0 Å². The van der Waals surface area contributed by atoms with Gasteiger partial charge in [0.2, 0.25) is 5.91 Å². The maximum Gasteiger partial charge on any atom is 0.256 e. The van der Waals surface area contributed by atoms with Gasteiger partial charge in [-0.1, -0.05) is 6.07 Å². The third-order valence-corrected chi connectivity index (χ3v) is 5.59. The second kappa shape index (κ2) is 7.30. The Morgan fingerprint density at radius 3 is 2.80 bits per heavy atom. The summed E-state index contributed by atoms with van der Waals surface area (Å²) in [6, 6.07) is 17.1. The molecule has 5 rings (SSSR count). The van der Waals surface area contributed by atoms with Gasteiger partial charge >= 0.3 is 0 Å². The van der Waals surface area contributed by atoms with Gasteiger partial charge in [-0.05, 0) is 66.1 Å². The number of rotatable bonds is 3. The molecule has 6 nitrogen and oxygen atoms in total. The molecular weight excluding hydrogens is 378 g/mol. The molecule has 150 valence electrons. The van der Waals surface area contributed by atoms with Gasteiger partial charge < -0.3 is 15.0 Å². The van der Waals surface area contributed by atoms with Crippen LogP contribution in [0.5, 0.6) is 5.75 Å². The predicted molar refractivity (Wildman–Crippen MR) is 115 cm³/mol. The quantitative estimate of drug-likeness (QED) is 0.726. The van der Waals surface area contributed by atoms with Crippen molar-refractivity contribution in [1.82, 2.24) is 4.98 Å². The molecule has 0 saturated carbocycles. The number of nitrogens with one attached hydrogen (secondary N) is 1. The van der Waals surface area contributed by atoms with Gasteiger partial charge in [-0.2, -0.15) is 0 Å². The number of benzene rings is 2. The Hall–Kier alpha value is -3.67. The number of ether oxygens (including phenoxy) is 1. The molecule has 0 radical (unpaired) electrons. The summed E-state index contributed by atoms with van der Waals surface area (Å²) in [7, 11) is 0. The van der Waals surface area contributed by atoms with Crippen LogP contribution < -0.4 is 15.0 Å². The lowest BCUT2D eigenvalue weighted by Gasteiger charge is -2.14. The average molecular weight is 399 g/mol. The van der Waals surface area contributed by atoms with Gasteiger partial charge in [-0.25, -0.2) is 4.98 Å². The first-order valence-electron chi connectivity index (χ1n) is 10.0. The number of fused-ring (bicyclic) bond motifs is 2. The van der Waals surface area contributed by atoms with E-state index in [4.69, 9.17) is 4.74 Å². The largest absolute Gasteiger partial charge is 0.493 e. The van der Waals surface area contributed by atoms with Crippen molar-refractivity contribution in [3.8, 4) is 17.0 Å². The minimum absolute atomic E-state index is 0.0186. The summed E-state index contributed by atoms with van der Waals surface area (Å²) in [5, 5.41) is 2.89. The fraction of sp³-hybridized carbons (Fsp3) is 0.208. The van der Waals surface area contributed by atoms with E-state index in [1.54, 1.807) is 24.0 Å². The van der Waals surface area contributed by atoms with Crippen LogP contribution >= 0.6 is 0 Å². The Morgan fingerprint density at radius 2 is 1.93 bits per heavy atom. The number of anilines is 2. The van der Waals surface area contributed by atoms with E-state index in [-0.39, 0.29) is 11.8 Å². The van der Waals surface area contributed by atoms with Crippen molar-refractivity contribution < 1.29 is 14.3 Å². The Morgan fingerprint density at radius 1 is 1.03 bits per heavy atom. The standard InChI is InChI=1S/C24H21N3O3/c1-15(28)27-11-9-17-14-19(5-7-21(17)27)24(29)26-23-4-2-3-20(25-23)16-6-8-22-18(13-16)10-12-30-22/h2-8,13-14H,9-12H2,1H3,(H,25,26,29). The van der Waals surface area contributed by atoms with E-state index in [2.05, 4.69) is 16.4 Å². The molecule has 30 heavy (non-hydrogen) atoms. The van der Waals surface area contributed by atoms with E-state index in [0.717, 1.165) is 41.1 Å². The van der Waals surface area contributed by atoms with Crippen molar-refractivity contribution in [2.24, 2.45) is 0 Å². The minimum atomic E-state index is -0.217. The normalized spacial score (nSPS) is 14.1. The molecule has 2 amide bonds. The number of hydrogen-bond acceptors (Lipinski definition) is 4. The molecule has 3 aromatic rings. The topological polar surface area (TPSA) is 71.5 Å². The number of nitrogens with zero attached hydrogens (tertiary/aromatic N) is 2. The maximum atomic E-state index is 12.8. The Kier molecular flexibility index (Phi) is 4.47. The molecule has 1 aromatic heterocycles. The molecule has 0 fully saturated rings. The summed E-state index contributed by atoms with van der Waals surface area (Å²) in [5.74, 6) is 1.24. The smallest absolute Gasteiger partial charge is 0.256 e. The maximum absolute atomic E-state index is 12.8. The molecule has 2 aromatic carbocycles. The fourth-order valence-electron chi connectivity index (χ4n) is 4.07. The molecule has 6 heteroatoms. The summed E-state index contributed by atoms with van der Waals surface area (Å²) in [4.78, 5) is 30.8. The lowest BCUT2D eigenvalue weighted by Crippen LogP contribution is -2.25. The second-order valence-electron chi connectivity index (χ2n) is 7.55. The van der Waals surface area contributed by atoms with Crippen LogP contribution in [-0.2, 0) is 17.6 Å². The van der Waals surface area contributed by atoms with Gasteiger partial charge in [0.25, 0.3) is 5.91 Å². The number of amides is 2. The van der Waals surface area contributed by atoms with Crippen LogP contribution in [-0.4, -0.2) is 29.9 Å². The molecule has 2 aliphatic heterocycles. The van der Waals surface area contributed by atoms with E-state index >= 15 is 0 Å². The molecule has 0 saturated heterocycles. The van der Waals surface area contributed by atoms with Crippen molar-refractivity contribution in [3.63, 3.8) is 0 Å². The zero-order valence-corrected chi connectivity index (χ0v) is 16.6. The summed E-state index contributed by atoms with van der Waals surface area (Å²) in [6.45, 7) is 2.93. The lowest BCUT2D eigenvalue weighted by molar-refractivity contribution is -0.116. The zero-order valence-electron chi connectivity index (χ0n) is 16.6. The summed E-state index contributed by atoms with van der Waals surface area (Å²) in [6.07, 6.45) is 1.66. The Balaban J connectivity index is 1.36. The predicted octanol–water partition coefficient (Wildman–Crippen LogP) is 3.84. The molecule has 2 aliphatic rings. The van der Waals surface area contributed by atoms with Crippen molar-refractivity contribution in [1.29, 1.82) is 0 Å². The van der Waals surface area contributed by atoms with Crippen LogP contribution in [0.2, 0.25) is 0 Å². The van der Waals surface area contributed by atoms with Crippen molar-refractivity contribution in [3.05, 3.63) is 71.3 Å². The zero-order chi connectivity index (χ0) is 20.7. The highest BCUT2D eigenvalue weighted by Gasteiger charge is 2.23. The van der Waals surface area contributed by atoms with Crippen LogP contribution in [0.15, 0.2) is 54.6 Å². The van der Waals surface area contributed by atoms with E-state index in [1.165, 1.54) is 5.56 Å². The highest BCUT2D eigenvalue weighted by Crippen LogP contribution is 2.31. The average Bonchev–Trinajstić information content (AvgIpc) is 3.39. The number of hydrogen-bond donors (Lipinski definition) is 1. The van der Waals surface area contributed by atoms with E-state index in [9.17, 15) is 9.59 Å². The molecule has 1 N–H and O–H groups in total. The van der Waals surface area contributed by atoms with Gasteiger partial charge in [0, 0.05) is 36.7 Å². The number of pyridine rings is 1. The van der Waals surface area contributed by atoms with Gasteiger partial charge in [0.1, 0.15) is 11.6 Å². The van der Waals surface area contributed by atoms with Gasteiger partial charge in [-0.15, -0.1) is 0 Å². The van der Waals surface area contributed by atoms with Crippen molar-refractivity contribution in [2.75, 3.05) is 23.4 Å². The minimum Gasteiger partial charge on any atom is -0.493 e. The molecule has 0 unspecified atom stereocenters. The highest BCUT2D eigenvalue weighted by atomic mass is 16.5. The van der Waals surface area contributed by atoms with Gasteiger partial charge in [0.15, 0.2) is 0 Å². The Bertz CT molecular complexity index is 1170. The van der Waals surface area contributed by atoms with Crippen LogP contribution in [0.1, 0.15) is 28.4 Å². The first-order chi connectivity index (χ1) is 14.6. The summed E-state index contributed by atoms with van der Waals surface area (Å²) < 4.78 is 5.57. The van der Waals surface area contributed by atoms with Gasteiger partial charge in [-0.3, -0.25) is 9.59 Å².